The molecule has 0 unspecified atom stereocenters. The summed E-state index contributed by atoms with van der Waals surface area (Å²) in [5.74, 6) is 2.10. The first-order valence-electron chi connectivity index (χ1n) is 11.1. The van der Waals surface area contributed by atoms with E-state index in [4.69, 9.17) is 14.8 Å². The van der Waals surface area contributed by atoms with Crippen molar-refractivity contribution in [3.63, 3.8) is 0 Å². The van der Waals surface area contributed by atoms with Gasteiger partial charge in [0.05, 0.1) is 18.6 Å². The van der Waals surface area contributed by atoms with Crippen molar-refractivity contribution in [1.29, 1.82) is 0 Å². The van der Waals surface area contributed by atoms with Gasteiger partial charge in [0, 0.05) is 36.0 Å². The van der Waals surface area contributed by atoms with Gasteiger partial charge in [-0.15, -0.1) is 21.5 Å². The van der Waals surface area contributed by atoms with E-state index in [1.807, 2.05) is 34.9 Å². The van der Waals surface area contributed by atoms with Gasteiger partial charge >= 0.3 is 0 Å². The molecule has 3 aromatic rings. The Hall–Kier alpha value is -0.870. The lowest BCUT2D eigenvalue weighted by atomic mass is 9.97. The minimum absolute atomic E-state index is 0.849. The molecule has 1 aliphatic heterocycles. The normalized spacial score (nSPS) is 17.8. The summed E-state index contributed by atoms with van der Waals surface area (Å²) < 4.78 is 7.71. The highest BCUT2D eigenvalue weighted by Crippen LogP contribution is 2.39. The van der Waals surface area contributed by atoms with Crippen molar-refractivity contribution < 1.29 is 4.74 Å². The van der Waals surface area contributed by atoms with Crippen LogP contribution in [0.1, 0.15) is 43.0 Å². The fourth-order valence-electron chi connectivity index (χ4n) is 4.19. The molecule has 0 bridgehead atoms. The Balaban J connectivity index is 1.47. The molecular formula is C21H29N5OS3. The van der Waals surface area contributed by atoms with E-state index in [0.29, 0.717) is 0 Å². The number of nitrogens with zero attached hydrogens (tertiary/aromatic N) is 5. The van der Waals surface area contributed by atoms with Crippen LogP contribution in [0.5, 0.6) is 0 Å². The van der Waals surface area contributed by atoms with Gasteiger partial charge in [-0.2, -0.15) is 0 Å². The molecular weight excluding hydrogens is 434 g/mol. The number of rotatable bonds is 8. The maximum Gasteiger partial charge on any atom is 0.197 e. The highest BCUT2D eigenvalue weighted by molar-refractivity contribution is 7.99. The molecule has 4 heterocycles. The van der Waals surface area contributed by atoms with Crippen molar-refractivity contribution in [2.24, 2.45) is 0 Å². The van der Waals surface area contributed by atoms with E-state index >= 15 is 0 Å². The van der Waals surface area contributed by atoms with Crippen LogP contribution >= 0.6 is 34.9 Å². The summed E-state index contributed by atoms with van der Waals surface area (Å²) in [7, 11) is 0. The number of aryl methyl sites for hydroxylation is 2. The number of thioether (sulfide) groups is 2. The molecule has 1 saturated heterocycles. The molecule has 162 valence electrons. The van der Waals surface area contributed by atoms with Crippen LogP contribution in [0, 0.1) is 0 Å². The monoisotopic (exact) mass is 463 g/mol. The number of fused-ring (bicyclic) bond motifs is 5. The van der Waals surface area contributed by atoms with Crippen molar-refractivity contribution in [2.45, 2.75) is 55.8 Å². The van der Waals surface area contributed by atoms with Gasteiger partial charge in [0.1, 0.15) is 4.83 Å². The molecule has 1 aliphatic carbocycles. The second-order valence-electron chi connectivity index (χ2n) is 7.93. The maximum absolute atomic E-state index is 5.47. The Bertz CT molecular complexity index is 1010. The van der Waals surface area contributed by atoms with Crippen molar-refractivity contribution in [3.8, 4) is 0 Å². The van der Waals surface area contributed by atoms with Crippen LogP contribution in [0.2, 0.25) is 0 Å². The third-order valence-electron chi connectivity index (χ3n) is 5.87. The standard InChI is InChI=1S/C21H29N5OS3/c1-2-3-13-28-20-22-19-17(15-6-4-5-7-16(15)30-19)18-23-24-21(26(18)20)29-14-10-25-8-11-27-12-9-25/h2-14H2,1H3. The number of unbranched alkanes of at least 4 members (excludes halogenated alkanes) is 1. The molecule has 5 rings (SSSR count). The number of hydrogen-bond donors (Lipinski definition) is 0. The first-order chi connectivity index (χ1) is 14.8. The Labute approximate surface area is 190 Å². The van der Waals surface area contributed by atoms with Crippen LogP contribution in [-0.2, 0) is 17.6 Å². The molecule has 0 aromatic carbocycles. The molecule has 6 nitrogen and oxygen atoms in total. The van der Waals surface area contributed by atoms with Gasteiger partial charge in [-0.1, -0.05) is 36.9 Å². The van der Waals surface area contributed by atoms with Crippen molar-refractivity contribution in [3.05, 3.63) is 10.4 Å². The molecule has 30 heavy (non-hydrogen) atoms. The van der Waals surface area contributed by atoms with Gasteiger partial charge in [0.2, 0.25) is 0 Å². The lowest BCUT2D eigenvalue weighted by Crippen LogP contribution is -2.37. The lowest BCUT2D eigenvalue weighted by Gasteiger charge is -2.26. The molecule has 0 radical (unpaired) electrons. The predicted molar refractivity (Wildman–Crippen MR) is 126 cm³/mol. The summed E-state index contributed by atoms with van der Waals surface area (Å²) in [5.41, 5.74) is 2.51. The van der Waals surface area contributed by atoms with Crippen molar-refractivity contribution in [1.82, 2.24) is 24.5 Å². The molecule has 0 amide bonds. The third kappa shape index (κ3) is 4.24. The average Bonchev–Trinajstić information content (AvgIpc) is 3.36. The SMILES string of the molecule is CCCCSc1nc2sc3c(c2c2nnc(SCCN4CCOCC4)n12)CCCC3. The van der Waals surface area contributed by atoms with Crippen LogP contribution in [0.4, 0.5) is 0 Å². The first kappa shape index (κ1) is 21.0. The highest BCUT2D eigenvalue weighted by atomic mass is 32.2. The van der Waals surface area contributed by atoms with E-state index in [-0.39, 0.29) is 0 Å². The number of aromatic nitrogens is 4. The Morgan fingerprint density at radius 3 is 2.73 bits per heavy atom. The summed E-state index contributed by atoms with van der Waals surface area (Å²) in [6.07, 6.45) is 7.32. The van der Waals surface area contributed by atoms with Crippen LogP contribution in [0.15, 0.2) is 10.3 Å². The largest absolute Gasteiger partial charge is 0.379 e. The predicted octanol–water partition coefficient (Wildman–Crippen LogP) is 4.53. The maximum atomic E-state index is 5.47. The van der Waals surface area contributed by atoms with Gasteiger partial charge in [-0.25, -0.2) is 9.38 Å². The smallest absolute Gasteiger partial charge is 0.197 e. The van der Waals surface area contributed by atoms with Crippen LogP contribution in [0.3, 0.4) is 0 Å². The van der Waals surface area contributed by atoms with E-state index in [1.165, 1.54) is 47.9 Å². The minimum atomic E-state index is 0.849. The van der Waals surface area contributed by atoms with Crippen LogP contribution in [-0.4, -0.2) is 68.8 Å². The van der Waals surface area contributed by atoms with Crippen LogP contribution in [0.25, 0.3) is 15.9 Å². The number of morpholine rings is 1. The van der Waals surface area contributed by atoms with E-state index in [2.05, 4.69) is 21.3 Å². The molecule has 0 atom stereocenters. The van der Waals surface area contributed by atoms with E-state index < -0.39 is 0 Å². The number of hydrogen-bond acceptors (Lipinski definition) is 8. The zero-order valence-corrected chi connectivity index (χ0v) is 20.0. The Morgan fingerprint density at radius 1 is 1.03 bits per heavy atom. The quantitative estimate of drug-likeness (QED) is 0.276. The average molecular weight is 464 g/mol. The summed E-state index contributed by atoms with van der Waals surface area (Å²) in [6, 6.07) is 0. The lowest BCUT2D eigenvalue weighted by molar-refractivity contribution is 0.0410. The van der Waals surface area contributed by atoms with Gasteiger partial charge in [0.15, 0.2) is 16.0 Å². The highest BCUT2D eigenvalue weighted by Gasteiger charge is 2.24. The summed E-state index contributed by atoms with van der Waals surface area (Å²) in [6.45, 7) is 7.06. The summed E-state index contributed by atoms with van der Waals surface area (Å²) >= 11 is 5.55. The number of thiophene rings is 1. The summed E-state index contributed by atoms with van der Waals surface area (Å²) in [4.78, 5) is 10.3. The molecule has 0 spiro atoms. The van der Waals surface area contributed by atoms with Gasteiger partial charge in [-0.05, 0) is 37.7 Å². The summed E-state index contributed by atoms with van der Waals surface area (Å²) in [5, 5.41) is 12.6. The van der Waals surface area contributed by atoms with Gasteiger partial charge < -0.3 is 4.74 Å². The zero-order valence-electron chi connectivity index (χ0n) is 17.6. The number of ether oxygens (including phenoxy) is 1. The van der Waals surface area contributed by atoms with Crippen molar-refractivity contribution >= 4 is 50.7 Å². The fourth-order valence-corrected chi connectivity index (χ4v) is 7.57. The molecule has 2 aliphatic rings. The first-order valence-corrected chi connectivity index (χ1v) is 13.9. The van der Waals surface area contributed by atoms with Gasteiger partial charge in [0.25, 0.3) is 0 Å². The third-order valence-corrected chi connectivity index (χ3v) is 8.99. The zero-order chi connectivity index (χ0) is 20.3. The van der Waals surface area contributed by atoms with E-state index in [0.717, 1.165) is 71.6 Å². The molecule has 0 N–H and O–H groups in total. The van der Waals surface area contributed by atoms with Crippen molar-refractivity contribution in [2.75, 3.05) is 44.4 Å². The second-order valence-corrected chi connectivity index (χ2v) is 11.1. The molecule has 9 heteroatoms. The molecule has 1 fully saturated rings. The van der Waals surface area contributed by atoms with Crippen LogP contribution < -0.4 is 0 Å². The minimum Gasteiger partial charge on any atom is -0.379 e. The van der Waals surface area contributed by atoms with E-state index in [1.54, 1.807) is 0 Å². The topological polar surface area (TPSA) is 55.5 Å². The van der Waals surface area contributed by atoms with Gasteiger partial charge in [-0.3, -0.25) is 4.90 Å². The Kier molecular flexibility index (Phi) is 6.81. The van der Waals surface area contributed by atoms with E-state index in [9.17, 15) is 0 Å². The Morgan fingerprint density at radius 2 is 1.87 bits per heavy atom. The fraction of sp³-hybridized carbons (Fsp3) is 0.667. The molecule has 3 aromatic heterocycles. The molecule has 0 saturated carbocycles. The second kappa shape index (κ2) is 9.73.